The average molecular weight is 225 g/mol. The minimum absolute atomic E-state index is 0.121. The lowest BCUT2D eigenvalue weighted by Gasteiger charge is -2.00. The largest absolute Gasteiger partial charge is 0.205 e. The second-order valence-corrected chi connectivity index (χ2v) is 4.23. The molecule has 0 fully saturated rings. The fraction of sp³-hybridized carbons (Fsp3) is 0.667. The van der Waals surface area contributed by atoms with E-state index >= 15 is 0 Å². The van der Waals surface area contributed by atoms with Crippen molar-refractivity contribution in [1.29, 1.82) is 0 Å². The van der Waals surface area contributed by atoms with Crippen LogP contribution >= 0.6 is 0 Å². The van der Waals surface area contributed by atoms with Crippen molar-refractivity contribution in [3.05, 3.63) is 30.5 Å². The van der Waals surface area contributed by atoms with Gasteiger partial charge >= 0.3 is 0 Å². The maximum atomic E-state index is 7.82. The van der Waals surface area contributed by atoms with Crippen LogP contribution in [-0.2, 0) is 6.54 Å². The maximum Gasteiger partial charge on any atom is 0.168 e. The fourth-order valence-corrected chi connectivity index (χ4v) is 1.77. The lowest BCUT2D eigenvalue weighted by molar-refractivity contribution is -0.697. The van der Waals surface area contributed by atoms with Crippen molar-refractivity contribution in [1.82, 2.24) is 0 Å². The number of rotatable bonds is 9. The predicted octanol–water partition coefficient (Wildman–Crippen LogP) is 4.11. The Morgan fingerprint density at radius 2 is 1.38 bits per heavy atom. The summed E-state index contributed by atoms with van der Waals surface area (Å²) in [7, 11) is 0. The summed E-state index contributed by atoms with van der Waals surface area (Å²) in [6.45, 7) is 2.70. The van der Waals surface area contributed by atoms with Gasteiger partial charge in [0.25, 0.3) is 0 Å². The molecule has 0 aliphatic rings. The van der Waals surface area contributed by atoms with Crippen LogP contribution in [0.2, 0.25) is 0 Å². The summed E-state index contributed by atoms with van der Waals surface area (Å²) in [5.41, 5.74) is 0. The molecule has 90 valence electrons. The van der Waals surface area contributed by atoms with Crippen LogP contribution in [0.25, 0.3) is 0 Å². The van der Waals surface area contributed by atoms with Crippen LogP contribution in [0, 0.1) is 0 Å². The van der Waals surface area contributed by atoms with Gasteiger partial charge in [0.1, 0.15) is 9.29 Å². The normalized spacial score (nSPS) is 14.9. The topological polar surface area (TPSA) is 3.88 Å². The summed E-state index contributed by atoms with van der Waals surface area (Å²) in [6.07, 6.45) is 9.17. The quantitative estimate of drug-likeness (QED) is 0.440. The Morgan fingerprint density at radius 3 is 2.00 bits per heavy atom. The number of nitrogens with zero attached hydrogens (tertiary/aromatic N) is 1. The number of unbranched alkanes of at least 4 members (excludes halogenated alkanes) is 7. The zero-order valence-corrected chi connectivity index (χ0v) is 10.3. The summed E-state index contributed by atoms with van der Waals surface area (Å²) in [4.78, 5) is 0. The Bertz CT molecular complexity index is 433. The van der Waals surface area contributed by atoms with Crippen LogP contribution in [0.1, 0.15) is 65.1 Å². The maximum absolute atomic E-state index is 7.82. The lowest BCUT2D eigenvalue weighted by Crippen LogP contribution is -2.32. The molecule has 1 heteroatoms. The number of aromatic nitrogens is 1. The van der Waals surface area contributed by atoms with Gasteiger partial charge in [-0.15, -0.1) is 0 Å². The van der Waals surface area contributed by atoms with Crippen LogP contribution in [-0.4, -0.2) is 0 Å². The van der Waals surface area contributed by atoms with E-state index < -0.39 is 0 Å². The van der Waals surface area contributed by atoms with Crippen LogP contribution in [0.5, 0.6) is 0 Å². The highest BCUT2D eigenvalue weighted by Crippen LogP contribution is 2.08. The van der Waals surface area contributed by atoms with Gasteiger partial charge in [0.05, 0.1) is 4.11 Å². The summed E-state index contributed by atoms with van der Waals surface area (Å²) in [5.74, 6) is 0. The summed E-state index contributed by atoms with van der Waals surface area (Å²) >= 11 is 0. The van der Waals surface area contributed by atoms with Crippen LogP contribution in [0.3, 0.4) is 0 Å². The van der Waals surface area contributed by atoms with Gasteiger partial charge in [-0.05, 0) is 6.42 Å². The molecular weight excluding hydrogens is 194 g/mol. The Balaban J connectivity index is 2.43. The van der Waals surface area contributed by atoms with Crippen molar-refractivity contribution in [3.8, 4) is 0 Å². The van der Waals surface area contributed by atoms with E-state index in [0.29, 0.717) is 6.54 Å². The molecule has 16 heavy (non-hydrogen) atoms. The second-order valence-electron chi connectivity index (χ2n) is 4.23. The SMILES string of the molecule is [2H]c1c([2H])c([2H])[n+](CCCCCCCCCC)c([2H])c1[2H]. The Hall–Kier alpha value is -0.850. The van der Waals surface area contributed by atoms with Crippen LogP contribution in [0.15, 0.2) is 30.5 Å². The molecular formula is C15H26N+. The minimum atomic E-state index is -0.322. The highest BCUT2D eigenvalue weighted by atomic mass is 14.9. The summed E-state index contributed by atoms with van der Waals surface area (Å²) in [5, 5.41) is 0. The molecule has 0 spiro atoms. The molecule has 1 aromatic heterocycles. The smallest absolute Gasteiger partial charge is 0.168 e. The van der Waals surface area contributed by atoms with E-state index in [4.69, 9.17) is 6.85 Å². The third kappa shape index (κ3) is 6.60. The van der Waals surface area contributed by atoms with Gasteiger partial charge < -0.3 is 0 Å². The molecule has 0 aliphatic heterocycles. The average Bonchev–Trinajstić information content (AvgIpc) is 2.49. The number of pyridine rings is 1. The molecule has 0 bridgehead atoms. The number of hydrogen-bond donors (Lipinski definition) is 0. The molecule has 0 aromatic carbocycles. The molecule has 1 heterocycles. The Kier molecular flexibility index (Phi) is 4.38. The van der Waals surface area contributed by atoms with Gasteiger partial charge in [0.15, 0.2) is 12.3 Å². The van der Waals surface area contributed by atoms with Crippen molar-refractivity contribution < 1.29 is 11.4 Å². The second kappa shape index (κ2) is 9.38. The lowest BCUT2D eigenvalue weighted by atomic mass is 10.1. The fourth-order valence-electron chi connectivity index (χ4n) is 1.77. The van der Waals surface area contributed by atoms with Crippen molar-refractivity contribution in [3.63, 3.8) is 0 Å². The molecule has 0 atom stereocenters. The van der Waals surface area contributed by atoms with Crippen LogP contribution < -0.4 is 4.57 Å². The highest BCUT2D eigenvalue weighted by Gasteiger charge is 1.97. The monoisotopic (exact) mass is 225 g/mol. The van der Waals surface area contributed by atoms with Crippen molar-refractivity contribution >= 4 is 0 Å². The van der Waals surface area contributed by atoms with E-state index in [-0.39, 0.29) is 30.5 Å². The van der Waals surface area contributed by atoms with E-state index in [0.717, 1.165) is 19.3 Å². The third-order valence-corrected chi connectivity index (χ3v) is 2.74. The molecule has 0 N–H and O–H groups in total. The van der Waals surface area contributed by atoms with Crippen molar-refractivity contribution in [2.75, 3.05) is 0 Å². The van der Waals surface area contributed by atoms with Gasteiger partial charge in [0, 0.05) is 18.5 Å². The predicted molar refractivity (Wildman–Crippen MR) is 69.2 cm³/mol. The van der Waals surface area contributed by atoms with E-state index in [1.807, 2.05) is 0 Å². The first-order valence-electron chi connectivity index (χ1n) is 8.97. The molecule has 1 aromatic rings. The van der Waals surface area contributed by atoms with Gasteiger partial charge in [-0.1, -0.05) is 51.5 Å². The summed E-state index contributed by atoms with van der Waals surface area (Å²) < 4.78 is 39.8. The van der Waals surface area contributed by atoms with Crippen LogP contribution in [0.4, 0.5) is 0 Å². The molecule has 1 nitrogen and oxygen atoms in total. The Labute approximate surface area is 108 Å². The van der Waals surface area contributed by atoms with E-state index in [9.17, 15) is 0 Å². The molecule has 1 rings (SSSR count). The zero-order valence-electron chi connectivity index (χ0n) is 15.3. The van der Waals surface area contributed by atoms with E-state index in [1.54, 1.807) is 0 Å². The molecule has 0 radical (unpaired) electrons. The molecule has 0 saturated heterocycles. The molecule has 0 saturated carbocycles. The van der Waals surface area contributed by atoms with Gasteiger partial charge in [-0.25, -0.2) is 4.57 Å². The first kappa shape index (κ1) is 7.47. The first-order chi connectivity index (χ1) is 10.0. The molecule has 0 amide bonds. The van der Waals surface area contributed by atoms with Crippen molar-refractivity contribution in [2.45, 2.75) is 64.8 Å². The van der Waals surface area contributed by atoms with Gasteiger partial charge in [-0.2, -0.15) is 0 Å². The van der Waals surface area contributed by atoms with Gasteiger partial charge in [-0.3, -0.25) is 0 Å². The van der Waals surface area contributed by atoms with E-state index in [2.05, 4.69) is 6.92 Å². The number of hydrogen-bond acceptors (Lipinski definition) is 0. The minimum Gasteiger partial charge on any atom is -0.205 e. The Morgan fingerprint density at radius 1 is 0.812 bits per heavy atom. The molecule has 0 aliphatic carbocycles. The third-order valence-electron chi connectivity index (χ3n) is 2.74. The first-order valence-corrected chi connectivity index (χ1v) is 6.47. The van der Waals surface area contributed by atoms with E-state index in [1.165, 1.54) is 36.7 Å². The highest BCUT2D eigenvalue weighted by molar-refractivity contribution is 4.83. The van der Waals surface area contributed by atoms with Crippen molar-refractivity contribution in [2.24, 2.45) is 0 Å². The zero-order chi connectivity index (χ0) is 15.8. The molecule has 0 unspecified atom stereocenters. The summed E-state index contributed by atoms with van der Waals surface area (Å²) in [6, 6.07) is -0.830. The van der Waals surface area contributed by atoms with Gasteiger partial charge in [0.2, 0.25) is 0 Å². The standard InChI is InChI=1S/C15H26N/c1-2-3-4-5-6-7-8-10-13-16-14-11-9-12-15-16/h9,11-12,14-15H,2-8,10,13H2,1H3/q+1/i9D,11D,12D,14D,15D.